The van der Waals surface area contributed by atoms with Gasteiger partial charge in [-0.25, -0.2) is 0 Å². The molecule has 1 heterocycles. The summed E-state index contributed by atoms with van der Waals surface area (Å²) in [5.74, 6) is -0.237. The number of rotatable bonds is 4. The lowest BCUT2D eigenvalue weighted by Gasteiger charge is -2.35. The summed E-state index contributed by atoms with van der Waals surface area (Å²) in [4.78, 5) is 27.0. The lowest BCUT2D eigenvalue weighted by molar-refractivity contribution is -0.383. The second-order valence-corrected chi connectivity index (χ2v) is 7.10. The van der Waals surface area contributed by atoms with E-state index in [1.54, 1.807) is 11.0 Å². The fourth-order valence-electron chi connectivity index (χ4n) is 3.04. The van der Waals surface area contributed by atoms with Gasteiger partial charge in [-0.05, 0) is 23.8 Å². The van der Waals surface area contributed by atoms with E-state index in [0.717, 1.165) is 5.56 Å². The Morgan fingerprint density at radius 3 is 2.52 bits per heavy atom. The van der Waals surface area contributed by atoms with Crippen LogP contribution in [0, 0.1) is 10.1 Å². The zero-order valence-electron chi connectivity index (χ0n) is 14.4. The number of nitrogen functional groups attached to an aromatic ring is 1. The Kier molecular flexibility index (Phi) is 5.84. The van der Waals surface area contributed by atoms with Crippen molar-refractivity contribution < 1.29 is 9.72 Å². The minimum atomic E-state index is -0.585. The van der Waals surface area contributed by atoms with Gasteiger partial charge < -0.3 is 10.6 Å². The maximum atomic E-state index is 12.7. The maximum Gasteiger partial charge on any atom is 0.292 e. The number of piperazine rings is 1. The molecule has 0 spiro atoms. The van der Waals surface area contributed by atoms with Gasteiger partial charge in [0.2, 0.25) is 0 Å². The van der Waals surface area contributed by atoms with Gasteiger partial charge in [0.25, 0.3) is 11.6 Å². The van der Waals surface area contributed by atoms with Crippen LogP contribution in [0.1, 0.15) is 15.9 Å². The number of hydrogen-bond donors (Lipinski definition) is 1. The molecule has 1 fully saturated rings. The van der Waals surface area contributed by atoms with E-state index >= 15 is 0 Å². The van der Waals surface area contributed by atoms with Gasteiger partial charge in [0.05, 0.1) is 15.0 Å². The van der Waals surface area contributed by atoms with Crippen LogP contribution >= 0.6 is 23.2 Å². The summed E-state index contributed by atoms with van der Waals surface area (Å²) < 4.78 is 0. The van der Waals surface area contributed by atoms with Gasteiger partial charge in [-0.3, -0.25) is 19.8 Å². The Labute approximate surface area is 166 Å². The average Bonchev–Trinajstić information content (AvgIpc) is 2.65. The van der Waals surface area contributed by atoms with Crippen LogP contribution in [0.15, 0.2) is 36.4 Å². The second-order valence-electron chi connectivity index (χ2n) is 6.31. The van der Waals surface area contributed by atoms with Gasteiger partial charge in [-0.1, -0.05) is 35.3 Å². The number of benzene rings is 2. The van der Waals surface area contributed by atoms with Crippen LogP contribution in [-0.2, 0) is 6.54 Å². The number of amides is 1. The molecule has 0 aromatic heterocycles. The monoisotopic (exact) mass is 408 g/mol. The summed E-state index contributed by atoms with van der Waals surface area (Å²) >= 11 is 12.3. The Morgan fingerprint density at radius 1 is 1.15 bits per heavy atom. The summed E-state index contributed by atoms with van der Waals surface area (Å²) in [6, 6.07) is 9.67. The SMILES string of the molecule is Nc1ccc(C(=O)N2CCN(Cc3cccc(Cl)c3Cl)CC2)cc1[N+](=O)[O-]. The Balaban J connectivity index is 1.63. The van der Waals surface area contributed by atoms with Crippen molar-refractivity contribution >= 4 is 40.5 Å². The van der Waals surface area contributed by atoms with Crippen LogP contribution in [0.2, 0.25) is 10.0 Å². The number of nitro benzene ring substituents is 1. The first-order valence-corrected chi connectivity index (χ1v) is 9.11. The summed E-state index contributed by atoms with van der Waals surface area (Å²) in [6.07, 6.45) is 0. The van der Waals surface area contributed by atoms with Crippen LogP contribution in [0.4, 0.5) is 11.4 Å². The van der Waals surface area contributed by atoms with Crippen molar-refractivity contribution in [2.24, 2.45) is 0 Å². The summed E-state index contributed by atoms with van der Waals surface area (Å²) in [5.41, 5.74) is 6.59. The van der Waals surface area contributed by atoms with Crippen molar-refractivity contribution in [3.63, 3.8) is 0 Å². The topological polar surface area (TPSA) is 92.7 Å². The van der Waals surface area contributed by atoms with Gasteiger partial charge in [-0.15, -0.1) is 0 Å². The highest BCUT2D eigenvalue weighted by Gasteiger charge is 2.24. The number of hydrogen-bond acceptors (Lipinski definition) is 5. The van der Waals surface area contributed by atoms with Crippen LogP contribution in [0.25, 0.3) is 0 Å². The molecule has 0 unspecified atom stereocenters. The molecule has 1 saturated heterocycles. The molecule has 27 heavy (non-hydrogen) atoms. The zero-order chi connectivity index (χ0) is 19.6. The quantitative estimate of drug-likeness (QED) is 0.475. The van der Waals surface area contributed by atoms with Gasteiger partial charge in [0.15, 0.2) is 0 Å². The first kappa shape index (κ1) is 19.4. The van der Waals surface area contributed by atoms with E-state index in [4.69, 9.17) is 28.9 Å². The molecule has 2 aromatic rings. The minimum absolute atomic E-state index is 0.0415. The van der Waals surface area contributed by atoms with E-state index in [9.17, 15) is 14.9 Å². The van der Waals surface area contributed by atoms with E-state index in [1.165, 1.54) is 18.2 Å². The molecule has 2 N–H and O–H groups in total. The molecule has 0 atom stereocenters. The third kappa shape index (κ3) is 4.32. The third-order valence-corrected chi connectivity index (χ3v) is 5.42. The zero-order valence-corrected chi connectivity index (χ0v) is 15.9. The highest BCUT2D eigenvalue weighted by molar-refractivity contribution is 6.42. The van der Waals surface area contributed by atoms with E-state index in [1.807, 2.05) is 12.1 Å². The normalized spacial score (nSPS) is 15.0. The number of nitrogens with zero attached hydrogens (tertiary/aromatic N) is 3. The highest BCUT2D eigenvalue weighted by atomic mass is 35.5. The van der Waals surface area contributed by atoms with E-state index in [-0.39, 0.29) is 22.8 Å². The van der Waals surface area contributed by atoms with Crippen molar-refractivity contribution in [1.82, 2.24) is 9.80 Å². The molecule has 7 nitrogen and oxygen atoms in total. The van der Waals surface area contributed by atoms with Crippen molar-refractivity contribution in [2.45, 2.75) is 6.54 Å². The average molecular weight is 409 g/mol. The Hall–Kier alpha value is -2.35. The molecular formula is C18H18Cl2N4O3. The number of halogens is 2. The second kappa shape index (κ2) is 8.12. The lowest BCUT2D eigenvalue weighted by Crippen LogP contribution is -2.48. The van der Waals surface area contributed by atoms with Crippen LogP contribution in [0.5, 0.6) is 0 Å². The van der Waals surface area contributed by atoms with Crippen molar-refractivity contribution in [3.8, 4) is 0 Å². The molecule has 1 aliphatic heterocycles. The number of nitrogens with two attached hydrogens (primary N) is 1. The van der Waals surface area contributed by atoms with Crippen molar-refractivity contribution in [3.05, 3.63) is 67.7 Å². The lowest BCUT2D eigenvalue weighted by atomic mass is 10.1. The van der Waals surface area contributed by atoms with Crippen molar-refractivity contribution in [2.75, 3.05) is 31.9 Å². The molecule has 2 aromatic carbocycles. The molecule has 142 valence electrons. The standard InChI is InChI=1S/C18H18Cl2N4O3/c19-14-3-1-2-13(17(14)20)11-22-6-8-23(9-7-22)18(25)12-4-5-15(21)16(10-12)24(26)27/h1-5,10H,6-9,11,21H2. The predicted octanol–water partition coefficient (Wildman–Crippen LogP) is 3.44. The third-order valence-electron chi connectivity index (χ3n) is 4.56. The molecule has 0 saturated carbocycles. The van der Waals surface area contributed by atoms with Gasteiger partial charge in [0, 0.05) is 44.4 Å². The van der Waals surface area contributed by atoms with E-state index in [2.05, 4.69) is 4.90 Å². The van der Waals surface area contributed by atoms with E-state index in [0.29, 0.717) is 42.8 Å². The van der Waals surface area contributed by atoms with Crippen molar-refractivity contribution in [1.29, 1.82) is 0 Å². The first-order valence-electron chi connectivity index (χ1n) is 8.35. The summed E-state index contributed by atoms with van der Waals surface area (Å²) in [7, 11) is 0. The number of nitro groups is 1. The molecule has 0 radical (unpaired) electrons. The van der Waals surface area contributed by atoms with Crippen LogP contribution in [0.3, 0.4) is 0 Å². The predicted molar refractivity (Wildman–Crippen MR) is 105 cm³/mol. The number of anilines is 1. The maximum absolute atomic E-state index is 12.7. The van der Waals surface area contributed by atoms with Crippen LogP contribution in [-0.4, -0.2) is 46.8 Å². The molecule has 1 amide bonds. The summed E-state index contributed by atoms with van der Waals surface area (Å²) in [5, 5.41) is 12.1. The van der Waals surface area contributed by atoms with Gasteiger partial charge >= 0.3 is 0 Å². The largest absolute Gasteiger partial charge is 0.393 e. The summed E-state index contributed by atoms with van der Waals surface area (Å²) in [6.45, 7) is 3.04. The fraction of sp³-hybridized carbons (Fsp3) is 0.278. The molecule has 0 bridgehead atoms. The number of carbonyl (C=O) groups excluding carboxylic acids is 1. The molecule has 0 aliphatic carbocycles. The highest BCUT2D eigenvalue weighted by Crippen LogP contribution is 2.27. The first-order chi connectivity index (χ1) is 12.9. The molecular weight excluding hydrogens is 391 g/mol. The van der Waals surface area contributed by atoms with Gasteiger partial charge in [-0.2, -0.15) is 0 Å². The molecule has 9 heteroatoms. The molecule has 3 rings (SSSR count). The van der Waals surface area contributed by atoms with Crippen LogP contribution < -0.4 is 5.73 Å². The Morgan fingerprint density at radius 2 is 1.85 bits per heavy atom. The number of carbonyl (C=O) groups is 1. The fourth-order valence-corrected chi connectivity index (χ4v) is 3.42. The minimum Gasteiger partial charge on any atom is -0.393 e. The smallest absolute Gasteiger partial charge is 0.292 e. The van der Waals surface area contributed by atoms with E-state index < -0.39 is 4.92 Å². The molecule has 1 aliphatic rings. The Bertz CT molecular complexity index is 883. The van der Waals surface area contributed by atoms with Gasteiger partial charge in [0.1, 0.15) is 5.69 Å².